The third-order valence-electron chi connectivity index (χ3n) is 4.92. The molecule has 30 heavy (non-hydrogen) atoms. The number of hydrogen-bond donors (Lipinski definition) is 3. The number of anilines is 2. The lowest BCUT2D eigenvalue weighted by Gasteiger charge is -2.18. The molecule has 0 unspecified atom stereocenters. The van der Waals surface area contributed by atoms with Crippen molar-refractivity contribution >= 4 is 17.4 Å². The van der Waals surface area contributed by atoms with Crippen molar-refractivity contribution in [3.05, 3.63) is 95.6 Å². The highest BCUT2D eigenvalue weighted by atomic mass is 19.1. The van der Waals surface area contributed by atoms with Crippen LogP contribution in [0.25, 0.3) is 0 Å². The van der Waals surface area contributed by atoms with Crippen molar-refractivity contribution in [2.75, 3.05) is 17.6 Å². The van der Waals surface area contributed by atoms with Gasteiger partial charge in [-0.25, -0.2) is 13.6 Å². The summed E-state index contributed by atoms with van der Waals surface area (Å²) in [5.74, 6) is -0.532. The highest BCUT2D eigenvalue weighted by Crippen LogP contribution is 2.30. The van der Waals surface area contributed by atoms with Gasteiger partial charge in [0.15, 0.2) is 0 Å². The van der Waals surface area contributed by atoms with E-state index in [0.29, 0.717) is 17.9 Å². The van der Waals surface area contributed by atoms with Crippen molar-refractivity contribution in [1.82, 2.24) is 5.32 Å². The molecule has 6 heteroatoms. The van der Waals surface area contributed by atoms with E-state index < -0.39 is 0 Å². The lowest BCUT2D eigenvalue weighted by atomic mass is 9.87. The third-order valence-corrected chi connectivity index (χ3v) is 4.92. The minimum absolute atomic E-state index is 0.0369. The maximum absolute atomic E-state index is 13.3. The molecular formula is C24H25F2N3O. The van der Waals surface area contributed by atoms with Gasteiger partial charge in [-0.3, -0.25) is 0 Å². The standard InChI is InChI=1S/C24H25F2N3O/c25-19-8-4-17(5-9-19)23(18-6-10-20(26)11-7-18)3-1-2-16-28-24(30)29-22-14-12-21(27)13-15-22/h4-15,23H,1-3,16,27H2,(H2,28,29,30). The Hall–Kier alpha value is -3.41. The van der Waals surface area contributed by atoms with Crippen LogP contribution in [0.4, 0.5) is 25.0 Å². The van der Waals surface area contributed by atoms with Crippen LogP contribution in [0.15, 0.2) is 72.8 Å². The Morgan fingerprint density at radius 2 is 1.33 bits per heavy atom. The van der Waals surface area contributed by atoms with E-state index in [0.717, 1.165) is 30.4 Å². The third kappa shape index (κ3) is 6.30. The molecule has 0 heterocycles. The van der Waals surface area contributed by atoms with E-state index in [1.165, 1.54) is 24.3 Å². The van der Waals surface area contributed by atoms with E-state index in [4.69, 9.17) is 5.73 Å². The fourth-order valence-electron chi connectivity index (χ4n) is 3.33. The summed E-state index contributed by atoms with van der Waals surface area (Å²) in [6.45, 7) is 0.528. The van der Waals surface area contributed by atoms with Gasteiger partial charge in [0.1, 0.15) is 11.6 Å². The molecule has 0 saturated carbocycles. The van der Waals surface area contributed by atoms with Crippen molar-refractivity contribution in [2.24, 2.45) is 0 Å². The van der Waals surface area contributed by atoms with Gasteiger partial charge in [-0.05, 0) is 72.5 Å². The number of rotatable bonds is 8. The van der Waals surface area contributed by atoms with Crippen LogP contribution < -0.4 is 16.4 Å². The van der Waals surface area contributed by atoms with Gasteiger partial charge in [0.25, 0.3) is 0 Å². The van der Waals surface area contributed by atoms with Crippen LogP contribution in [0.2, 0.25) is 0 Å². The number of halogens is 2. The lowest BCUT2D eigenvalue weighted by molar-refractivity contribution is 0.252. The average molecular weight is 409 g/mol. The van der Waals surface area contributed by atoms with Crippen LogP contribution in [-0.2, 0) is 0 Å². The van der Waals surface area contributed by atoms with Gasteiger partial charge in [0.2, 0.25) is 0 Å². The van der Waals surface area contributed by atoms with Crippen LogP contribution >= 0.6 is 0 Å². The van der Waals surface area contributed by atoms with E-state index >= 15 is 0 Å². The first kappa shape index (κ1) is 21.3. The Morgan fingerprint density at radius 3 is 1.87 bits per heavy atom. The first-order chi connectivity index (χ1) is 14.5. The summed E-state index contributed by atoms with van der Waals surface area (Å²) >= 11 is 0. The molecule has 0 radical (unpaired) electrons. The number of urea groups is 1. The molecule has 3 aromatic rings. The number of carbonyl (C=O) groups excluding carboxylic acids is 1. The second-order valence-corrected chi connectivity index (χ2v) is 7.15. The van der Waals surface area contributed by atoms with Crippen molar-refractivity contribution in [2.45, 2.75) is 25.2 Å². The molecule has 2 amide bonds. The molecule has 3 rings (SSSR count). The van der Waals surface area contributed by atoms with Gasteiger partial charge in [-0.1, -0.05) is 30.7 Å². The molecule has 0 bridgehead atoms. The predicted molar refractivity (Wildman–Crippen MR) is 116 cm³/mol. The van der Waals surface area contributed by atoms with Gasteiger partial charge < -0.3 is 16.4 Å². The van der Waals surface area contributed by atoms with Crippen molar-refractivity contribution in [1.29, 1.82) is 0 Å². The maximum Gasteiger partial charge on any atom is 0.319 e. The van der Waals surface area contributed by atoms with Crippen LogP contribution in [0, 0.1) is 11.6 Å². The molecule has 4 nitrogen and oxygen atoms in total. The fraction of sp³-hybridized carbons (Fsp3) is 0.208. The van der Waals surface area contributed by atoms with Crippen LogP contribution in [0.3, 0.4) is 0 Å². The Balaban J connectivity index is 1.50. The van der Waals surface area contributed by atoms with Gasteiger partial charge in [-0.2, -0.15) is 0 Å². The molecule has 4 N–H and O–H groups in total. The quantitative estimate of drug-likeness (QED) is 0.331. The Morgan fingerprint density at radius 1 is 0.800 bits per heavy atom. The zero-order valence-corrected chi connectivity index (χ0v) is 16.6. The van der Waals surface area contributed by atoms with Crippen LogP contribution in [-0.4, -0.2) is 12.6 Å². The first-order valence-electron chi connectivity index (χ1n) is 9.92. The number of hydrogen-bond acceptors (Lipinski definition) is 2. The summed E-state index contributed by atoms with van der Waals surface area (Å²) in [7, 11) is 0. The molecule has 156 valence electrons. The molecule has 0 aromatic heterocycles. The topological polar surface area (TPSA) is 67.1 Å². The largest absolute Gasteiger partial charge is 0.399 e. The molecule has 0 aliphatic rings. The maximum atomic E-state index is 13.3. The fourth-order valence-corrected chi connectivity index (χ4v) is 3.33. The Bertz CT molecular complexity index is 896. The number of nitrogens with two attached hydrogens (primary N) is 1. The summed E-state index contributed by atoms with van der Waals surface area (Å²) in [5.41, 5.74) is 8.91. The summed E-state index contributed by atoms with van der Waals surface area (Å²) in [5, 5.41) is 5.59. The first-order valence-corrected chi connectivity index (χ1v) is 9.92. The minimum atomic E-state index is -0.284. The summed E-state index contributed by atoms with van der Waals surface area (Å²) in [6, 6.07) is 19.5. The van der Waals surface area contributed by atoms with E-state index in [9.17, 15) is 13.6 Å². The SMILES string of the molecule is Nc1ccc(NC(=O)NCCCCC(c2ccc(F)cc2)c2ccc(F)cc2)cc1. The smallest absolute Gasteiger partial charge is 0.319 e. The van der Waals surface area contributed by atoms with E-state index in [2.05, 4.69) is 10.6 Å². The molecule has 3 aromatic carbocycles. The number of nitrogen functional groups attached to an aromatic ring is 1. The van der Waals surface area contributed by atoms with E-state index in [-0.39, 0.29) is 23.6 Å². The second kappa shape index (κ2) is 10.4. The minimum Gasteiger partial charge on any atom is -0.399 e. The molecule has 0 fully saturated rings. The monoisotopic (exact) mass is 409 g/mol. The van der Waals surface area contributed by atoms with E-state index in [1.54, 1.807) is 48.5 Å². The summed E-state index contributed by atoms with van der Waals surface area (Å²) < 4.78 is 26.6. The van der Waals surface area contributed by atoms with Gasteiger partial charge in [0.05, 0.1) is 0 Å². The molecule has 0 spiro atoms. The summed E-state index contributed by atoms with van der Waals surface area (Å²) in [6.07, 6.45) is 2.44. The normalized spacial score (nSPS) is 10.8. The number of carbonyl (C=O) groups is 1. The van der Waals surface area contributed by atoms with Gasteiger partial charge in [0, 0.05) is 23.8 Å². The van der Waals surface area contributed by atoms with Gasteiger partial charge >= 0.3 is 6.03 Å². The number of amides is 2. The average Bonchev–Trinajstić information content (AvgIpc) is 2.74. The van der Waals surface area contributed by atoms with Crippen molar-refractivity contribution in [3.8, 4) is 0 Å². The summed E-state index contributed by atoms with van der Waals surface area (Å²) in [4.78, 5) is 12.0. The van der Waals surface area contributed by atoms with Crippen LogP contribution in [0.1, 0.15) is 36.3 Å². The highest BCUT2D eigenvalue weighted by Gasteiger charge is 2.14. The van der Waals surface area contributed by atoms with Gasteiger partial charge in [-0.15, -0.1) is 0 Å². The highest BCUT2D eigenvalue weighted by molar-refractivity contribution is 5.89. The Labute approximate surface area is 175 Å². The van der Waals surface area contributed by atoms with Crippen molar-refractivity contribution in [3.63, 3.8) is 0 Å². The Kier molecular flexibility index (Phi) is 7.38. The molecule has 0 atom stereocenters. The number of unbranched alkanes of at least 4 members (excludes halogenated alkanes) is 1. The van der Waals surface area contributed by atoms with Crippen molar-refractivity contribution < 1.29 is 13.6 Å². The van der Waals surface area contributed by atoms with E-state index in [1.807, 2.05) is 0 Å². The number of benzene rings is 3. The molecular weight excluding hydrogens is 384 g/mol. The zero-order valence-electron chi connectivity index (χ0n) is 16.6. The second-order valence-electron chi connectivity index (χ2n) is 7.15. The molecule has 0 saturated heterocycles. The molecule has 0 aliphatic heterocycles. The van der Waals surface area contributed by atoms with Crippen LogP contribution in [0.5, 0.6) is 0 Å². The number of nitrogens with one attached hydrogen (secondary N) is 2. The zero-order chi connectivity index (χ0) is 21.3. The predicted octanol–water partition coefficient (Wildman–Crippen LogP) is 5.67. The lowest BCUT2D eigenvalue weighted by Crippen LogP contribution is -2.29. The molecule has 0 aliphatic carbocycles.